The molecule has 1 saturated heterocycles. The molecule has 2 N–H and O–H groups in total. The average molecular weight is 562 g/mol. The fourth-order valence-corrected chi connectivity index (χ4v) is 6.49. The van der Waals surface area contributed by atoms with E-state index >= 15 is 0 Å². The maximum atomic E-state index is 14.3. The lowest BCUT2D eigenvalue weighted by Crippen LogP contribution is -2.51. The summed E-state index contributed by atoms with van der Waals surface area (Å²) in [4.78, 5) is 45.3. The van der Waals surface area contributed by atoms with Crippen LogP contribution in [0.1, 0.15) is 39.7 Å². The quantitative estimate of drug-likeness (QED) is 0.296. The Kier molecular flexibility index (Phi) is 10.2. The third-order valence-electron chi connectivity index (χ3n) is 8.53. The molecule has 4 rings (SSSR count). The van der Waals surface area contributed by atoms with Gasteiger partial charge < -0.3 is 25.0 Å². The highest BCUT2D eigenvalue weighted by molar-refractivity contribution is 6.02. The Bertz CT molecular complexity index is 1210. The highest BCUT2D eigenvalue weighted by Crippen LogP contribution is 2.46. The zero-order valence-electron chi connectivity index (χ0n) is 24.5. The molecule has 2 aromatic carbocycles. The number of carbonyl (C=O) groups excluding carboxylic acids is 3. The number of hydrogen-bond donors (Lipinski definition) is 2. The summed E-state index contributed by atoms with van der Waals surface area (Å²) in [6, 6.07) is 15.8. The van der Waals surface area contributed by atoms with E-state index in [1.54, 1.807) is 6.92 Å². The van der Waals surface area contributed by atoms with E-state index in [1.807, 2.05) is 73.7 Å². The number of ether oxygens (including phenoxy) is 1. The van der Waals surface area contributed by atoms with Gasteiger partial charge in [-0.15, -0.1) is 0 Å². The van der Waals surface area contributed by atoms with Crippen molar-refractivity contribution in [1.29, 1.82) is 0 Å². The molecule has 2 amide bonds. The van der Waals surface area contributed by atoms with E-state index in [-0.39, 0.29) is 30.9 Å². The predicted octanol–water partition coefficient (Wildman–Crippen LogP) is 4.29. The van der Waals surface area contributed by atoms with E-state index in [2.05, 4.69) is 24.1 Å². The fraction of sp³-hybridized carbons (Fsp3) is 0.485. The second kappa shape index (κ2) is 13.8. The topological polar surface area (TPSA) is 99.2 Å². The van der Waals surface area contributed by atoms with E-state index in [9.17, 15) is 19.5 Å². The lowest BCUT2D eigenvalue weighted by atomic mass is 9.69. The molecule has 1 fully saturated rings. The minimum Gasteiger partial charge on any atom is -0.466 e. The Morgan fingerprint density at radius 3 is 2.27 bits per heavy atom. The molecule has 0 spiro atoms. The van der Waals surface area contributed by atoms with Crippen LogP contribution >= 0.6 is 0 Å². The molecule has 0 saturated carbocycles. The predicted molar refractivity (Wildman–Crippen MR) is 160 cm³/mol. The van der Waals surface area contributed by atoms with Crippen molar-refractivity contribution >= 4 is 29.2 Å². The first-order valence-corrected chi connectivity index (χ1v) is 14.9. The number of anilines is 2. The number of aliphatic hydroxyl groups is 1. The molecule has 1 aliphatic heterocycles. The summed E-state index contributed by atoms with van der Waals surface area (Å²) in [6.45, 7) is 9.58. The average Bonchev–Trinajstić information content (AvgIpc) is 3.29. The van der Waals surface area contributed by atoms with E-state index in [0.717, 1.165) is 24.3 Å². The molecular formula is C33H43N3O5. The number of fused-ring (bicyclic) bond motifs is 1. The molecule has 0 aromatic heterocycles. The first kappa shape index (κ1) is 30.3. The fourth-order valence-electron chi connectivity index (χ4n) is 6.49. The van der Waals surface area contributed by atoms with Crippen molar-refractivity contribution in [2.75, 3.05) is 36.5 Å². The van der Waals surface area contributed by atoms with Crippen LogP contribution in [0.2, 0.25) is 0 Å². The molecule has 8 nitrogen and oxygen atoms in total. The number of allylic oxidation sites excluding steroid dienone is 1. The molecule has 220 valence electrons. The summed E-state index contributed by atoms with van der Waals surface area (Å²) in [7, 11) is 0. The Balaban J connectivity index is 1.70. The number of nitrogens with zero attached hydrogens (tertiary/aromatic N) is 2. The van der Waals surface area contributed by atoms with Crippen LogP contribution in [-0.4, -0.2) is 66.2 Å². The van der Waals surface area contributed by atoms with Gasteiger partial charge in [0, 0.05) is 30.4 Å². The van der Waals surface area contributed by atoms with Gasteiger partial charge >= 0.3 is 5.97 Å². The van der Waals surface area contributed by atoms with E-state index < -0.39 is 35.8 Å². The van der Waals surface area contributed by atoms with Gasteiger partial charge in [-0.1, -0.05) is 49.4 Å². The zero-order valence-corrected chi connectivity index (χ0v) is 24.5. The Labute approximate surface area is 243 Å². The maximum Gasteiger partial charge on any atom is 0.310 e. The van der Waals surface area contributed by atoms with Gasteiger partial charge in [0.25, 0.3) is 0 Å². The lowest BCUT2D eigenvalue weighted by molar-refractivity contribution is -0.156. The molecule has 2 aliphatic rings. The summed E-state index contributed by atoms with van der Waals surface area (Å²) in [6.07, 6.45) is 4.94. The highest BCUT2D eigenvalue weighted by Gasteiger charge is 2.58. The third-order valence-corrected chi connectivity index (χ3v) is 8.53. The number of nitrogens with one attached hydrogen (secondary N) is 1. The first-order valence-electron chi connectivity index (χ1n) is 14.9. The second-order valence-corrected chi connectivity index (χ2v) is 10.8. The summed E-state index contributed by atoms with van der Waals surface area (Å²) in [5.74, 6) is -3.17. The van der Waals surface area contributed by atoms with Gasteiger partial charge in [-0.3, -0.25) is 14.4 Å². The van der Waals surface area contributed by atoms with Crippen LogP contribution in [0.3, 0.4) is 0 Å². The van der Waals surface area contributed by atoms with Crippen molar-refractivity contribution in [2.24, 2.45) is 23.7 Å². The number of amides is 2. The third kappa shape index (κ3) is 6.32. The van der Waals surface area contributed by atoms with Crippen molar-refractivity contribution in [2.45, 2.75) is 52.6 Å². The van der Waals surface area contributed by atoms with Crippen LogP contribution in [0.5, 0.6) is 0 Å². The van der Waals surface area contributed by atoms with Crippen LogP contribution in [0.25, 0.3) is 0 Å². The van der Waals surface area contributed by atoms with Crippen molar-refractivity contribution < 1.29 is 24.2 Å². The van der Waals surface area contributed by atoms with Crippen LogP contribution in [-0.2, 0) is 25.5 Å². The highest BCUT2D eigenvalue weighted by atomic mass is 16.5. The smallest absolute Gasteiger partial charge is 0.310 e. The molecule has 2 aromatic rings. The Hall–Kier alpha value is -3.65. The molecule has 41 heavy (non-hydrogen) atoms. The molecule has 1 aliphatic carbocycles. The van der Waals surface area contributed by atoms with Gasteiger partial charge in [0.05, 0.1) is 31.1 Å². The molecule has 8 heteroatoms. The Morgan fingerprint density at radius 2 is 1.68 bits per heavy atom. The zero-order chi connectivity index (χ0) is 29.5. The SMILES string of the molecule is CCOC(=O)[C@H]1[C@H]2C(=O)N([C@@H](CO)Cc3ccccc3)[C@H](C(=O)Nc3ccc(N(CC)CC)cc3)[C@H]2C=C[C@H]1CC. The largest absolute Gasteiger partial charge is 0.466 e. The van der Waals surface area contributed by atoms with Gasteiger partial charge in [-0.2, -0.15) is 0 Å². The number of rotatable bonds is 12. The summed E-state index contributed by atoms with van der Waals surface area (Å²) in [5.41, 5.74) is 2.63. The standard InChI is InChI=1S/C33H43N3O5/c1-5-23-14-19-27-29(28(23)33(40)41-8-4)32(39)36(26(21-37)20-22-12-10-9-11-13-22)30(27)31(38)34-24-15-17-25(18-16-24)35(6-2)7-3/h9-19,23,26-30,37H,5-8,20-21H2,1-4H3,(H,34,38)/t23-,26-,27+,28-,29+,30+/m1/s1. The minimum absolute atomic E-state index is 0.169. The van der Waals surface area contributed by atoms with Crippen molar-refractivity contribution in [3.05, 3.63) is 72.3 Å². The number of aliphatic hydroxyl groups excluding tert-OH is 1. The maximum absolute atomic E-state index is 14.3. The molecule has 0 radical (unpaired) electrons. The van der Waals surface area contributed by atoms with Crippen molar-refractivity contribution in [3.63, 3.8) is 0 Å². The van der Waals surface area contributed by atoms with Gasteiger partial charge in [0.15, 0.2) is 0 Å². The van der Waals surface area contributed by atoms with Crippen molar-refractivity contribution in [1.82, 2.24) is 4.90 Å². The lowest BCUT2D eigenvalue weighted by Gasteiger charge is -2.34. The normalized spacial score (nSPS) is 24.1. The molecule has 0 unspecified atom stereocenters. The first-order chi connectivity index (χ1) is 19.9. The second-order valence-electron chi connectivity index (χ2n) is 10.8. The monoisotopic (exact) mass is 561 g/mol. The van der Waals surface area contributed by atoms with E-state index in [0.29, 0.717) is 18.5 Å². The van der Waals surface area contributed by atoms with E-state index in [4.69, 9.17) is 4.74 Å². The summed E-state index contributed by atoms with van der Waals surface area (Å²) >= 11 is 0. The summed E-state index contributed by atoms with van der Waals surface area (Å²) < 4.78 is 5.43. The van der Waals surface area contributed by atoms with Crippen LogP contribution in [0.4, 0.5) is 11.4 Å². The van der Waals surface area contributed by atoms with Crippen LogP contribution < -0.4 is 10.2 Å². The molecule has 0 bridgehead atoms. The van der Waals surface area contributed by atoms with Gasteiger partial charge in [-0.25, -0.2) is 0 Å². The summed E-state index contributed by atoms with van der Waals surface area (Å²) in [5, 5.41) is 13.6. The molecule has 1 heterocycles. The van der Waals surface area contributed by atoms with E-state index in [1.165, 1.54) is 4.90 Å². The van der Waals surface area contributed by atoms with Crippen LogP contribution in [0, 0.1) is 23.7 Å². The van der Waals surface area contributed by atoms with Gasteiger partial charge in [0.2, 0.25) is 11.8 Å². The Morgan fingerprint density at radius 1 is 1.00 bits per heavy atom. The number of benzene rings is 2. The molecular weight excluding hydrogens is 518 g/mol. The number of esters is 1. The number of carbonyl (C=O) groups is 3. The van der Waals surface area contributed by atoms with Crippen molar-refractivity contribution in [3.8, 4) is 0 Å². The molecule has 6 atom stereocenters. The minimum atomic E-state index is -0.887. The van der Waals surface area contributed by atoms with Crippen LogP contribution in [0.15, 0.2) is 66.7 Å². The number of likely N-dealkylation sites (tertiary alicyclic amines) is 1. The van der Waals surface area contributed by atoms with Gasteiger partial charge in [0.1, 0.15) is 6.04 Å². The van der Waals surface area contributed by atoms with Gasteiger partial charge in [-0.05, 0) is 69.4 Å². The number of hydrogen-bond acceptors (Lipinski definition) is 6.